The van der Waals surface area contributed by atoms with Crippen LogP contribution in [0.1, 0.15) is 174 Å². The zero-order valence-electron chi connectivity index (χ0n) is 22.9. The average molecular weight is 483 g/mol. The van der Waals surface area contributed by atoms with Crippen LogP contribution in [-0.2, 0) is 14.3 Å². The summed E-state index contributed by atoms with van der Waals surface area (Å²) in [6.45, 7) is 4.46. The van der Waals surface area contributed by atoms with Crippen LogP contribution in [0.3, 0.4) is 0 Å². The first-order chi connectivity index (χ1) is 16.6. The molecular weight excluding hydrogens is 424 g/mol. The summed E-state index contributed by atoms with van der Waals surface area (Å²) in [6.07, 6.45) is 28.6. The number of hydrogen-bond donors (Lipinski definition) is 1. The van der Waals surface area contributed by atoms with Gasteiger partial charge in [0.2, 0.25) is 0 Å². The van der Waals surface area contributed by atoms with E-state index in [0.29, 0.717) is 6.42 Å². The van der Waals surface area contributed by atoms with E-state index in [1.807, 2.05) is 0 Å². The molecule has 0 saturated carbocycles. The van der Waals surface area contributed by atoms with Gasteiger partial charge in [-0.3, -0.25) is 9.59 Å². The van der Waals surface area contributed by atoms with Gasteiger partial charge in [-0.1, -0.05) is 129 Å². The SMILES string of the molecule is CCCCCCCCCCCCCCCC(=O)OC(CCCC)CCCCCCCCC(=O)O. The van der Waals surface area contributed by atoms with E-state index in [9.17, 15) is 9.59 Å². The Morgan fingerprint density at radius 2 is 0.912 bits per heavy atom. The van der Waals surface area contributed by atoms with Gasteiger partial charge in [-0.2, -0.15) is 0 Å². The normalized spacial score (nSPS) is 12.1. The number of rotatable bonds is 27. The van der Waals surface area contributed by atoms with E-state index in [-0.39, 0.29) is 18.5 Å². The molecule has 34 heavy (non-hydrogen) atoms. The van der Waals surface area contributed by atoms with Gasteiger partial charge in [0, 0.05) is 12.8 Å². The van der Waals surface area contributed by atoms with Crippen LogP contribution in [0.5, 0.6) is 0 Å². The van der Waals surface area contributed by atoms with Crippen molar-refractivity contribution in [2.24, 2.45) is 0 Å². The zero-order chi connectivity index (χ0) is 25.1. The van der Waals surface area contributed by atoms with Gasteiger partial charge < -0.3 is 9.84 Å². The summed E-state index contributed by atoms with van der Waals surface area (Å²) in [4.78, 5) is 22.8. The van der Waals surface area contributed by atoms with Crippen molar-refractivity contribution >= 4 is 11.9 Å². The number of carboxylic acids is 1. The summed E-state index contributed by atoms with van der Waals surface area (Å²) in [7, 11) is 0. The minimum atomic E-state index is -0.695. The molecule has 0 rings (SSSR count). The number of hydrogen-bond acceptors (Lipinski definition) is 3. The highest BCUT2D eigenvalue weighted by Crippen LogP contribution is 2.17. The van der Waals surface area contributed by atoms with Crippen LogP contribution < -0.4 is 0 Å². The van der Waals surface area contributed by atoms with Crippen LogP contribution in [-0.4, -0.2) is 23.1 Å². The van der Waals surface area contributed by atoms with Crippen molar-refractivity contribution in [1.29, 1.82) is 0 Å². The average Bonchev–Trinajstić information content (AvgIpc) is 2.81. The lowest BCUT2D eigenvalue weighted by atomic mass is 10.0. The van der Waals surface area contributed by atoms with Crippen molar-refractivity contribution in [2.75, 3.05) is 0 Å². The number of carboxylic acid groups (broad SMARTS) is 1. The predicted octanol–water partition coefficient (Wildman–Crippen LogP) is 9.78. The molecule has 0 bridgehead atoms. The molecule has 0 aromatic rings. The fourth-order valence-corrected chi connectivity index (χ4v) is 4.58. The zero-order valence-corrected chi connectivity index (χ0v) is 22.9. The highest BCUT2D eigenvalue weighted by Gasteiger charge is 2.13. The molecule has 1 atom stereocenters. The Morgan fingerprint density at radius 1 is 0.529 bits per heavy atom. The molecule has 4 heteroatoms. The van der Waals surface area contributed by atoms with E-state index < -0.39 is 5.97 Å². The van der Waals surface area contributed by atoms with Crippen LogP contribution >= 0.6 is 0 Å². The van der Waals surface area contributed by atoms with Crippen molar-refractivity contribution < 1.29 is 19.4 Å². The van der Waals surface area contributed by atoms with E-state index in [4.69, 9.17) is 9.84 Å². The first kappa shape index (κ1) is 32.9. The number of esters is 1. The Morgan fingerprint density at radius 3 is 1.38 bits per heavy atom. The first-order valence-electron chi connectivity index (χ1n) is 15.0. The summed E-state index contributed by atoms with van der Waals surface area (Å²) in [6, 6.07) is 0. The van der Waals surface area contributed by atoms with Crippen LogP contribution in [0.4, 0.5) is 0 Å². The highest BCUT2D eigenvalue weighted by atomic mass is 16.5. The third-order valence-corrected chi connectivity index (χ3v) is 6.83. The lowest BCUT2D eigenvalue weighted by Gasteiger charge is -2.18. The van der Waals surface area contributed by atoms with Gasteiger partial charge in [0.15, 0.2) is 0 Å². The minimum Gasteiger partial charge on any atom is -0.481 e. The standard InChI is InChI=1S/C30H58O4/c1-3-5-7-8-9-10-11-12-13-14-15-20-23-27-30(33)34-28(24-6-4-2)25-21-18-16-17-19-22-26-29(31)32/h28H,3-27H2,1-2H3,(H,31,32). The Kier molecular flexibility index (Phi) is 25.7. The van der Waals surface area contributed by atoms with Gasteiger partial charge in [-0.25, -0.2) is 0 Å². The first-order valence-corrected chi connectivity index (χ1v) is 15.0. The molecule has 1 unspecified atom stereocenters. The van der Waals surface area contributed by atoms with Crippen LogP contribution in [0.2, 0.25) is 0 Å². The molecule has 0 saturated heterocycles. The van der Waals surface area contributed by atoms with E-state index >= 15 is 0 Å². The number of unbranched alkanes of at least 4 members (excludes halogenated alkanes) is 18. The largest absolute Gasteiger partial charge is 0.481 e. The van der Waals surface area contributed by atoms with Gasteiger partial charge in [-0.05, 0) is 32.1 Å². The van der Waals surface area contributed by atoms with Gasteiger partial charge in [-0.15, -0.1) is 0 Å². The molecule has 1 N–H and O–H groups in total. The van der Waals surface area contributed by atoms with Crippen LogP contribution in [0, 0.1) is 0 Å². The van der Waals surface area contributed by atoms with Gasteiger partial charge in [0.05, 0.1) is 0 Å². The molecule has 0 amide bonds. The van der Waals surface area contributed by atoms with E-state index in [2.05, 4.69) is 13.8 Å². The Balaban J connectivity index is 3.66. The Bertz CT molecular complexity index is 449. The monoisotopic (exact) mass is 482 g/mol. The molecule has 0 radical (unpaired) electrons. The molecule has 0 fully saturated rings. The second-order valence-corrected chi connectivity index (χ2v) is 10.3. The van der Waals surface area contributed by atoms with E-state index in [1.165, 1.54) is 70.6 Å². The second kappa shape index (κ2) is 26.5. The molecular formula is C30H58O4. The molecule has 0 aromatic carbocycles. The molecule has 0 aliphatic carbocycles. The van der Waals surface area contributed by atoms with Crippen molar-refractivity contribution in [3.05, 3.63) is 0 Å². The van der Waals surface area contributed by atoms with Crippen molar-refractivity contribution in [1.82, 2.24) is 0 Å². The van der Waals surface area contributed by atoms with Gasteiger partial charge >= 0.3 is 11.9 Å². The Labute approximate surface area is 212 Å². The third-order valence-electron chi connectivity index (χ3n) is 6.83. The molecule has 0 aromatic heterocycles. The summed E-state index contributed by atoms with van der Waals surface area (Å²) in [5.74, 6) is -0.697. The highest BCUT2D eigenvalue weighted by molar-refractivity contribution is 5.69. The van der Waals surface area contributed by atoms with E-state index in [1.54, 1.807) is 0 Å². The van der Waals surface area contributed by atoms with Crippen molar-refractivity contribution in [3.8, 4) is 0 Å². The summed E-state index contributed by atoms with van der Waals surface area (Å²) in [5.41, 5.74) is 0. The fraction of sp³-hybridized carbons (Fsp3) is 0.933. The molecule has 202 valence electrons. The number of aliphatic carboxylic acids is 1. The maximum Gasteiger partial charge on any atom is 0.306 e. The molecule has 0 aliphatic heterocycles. The Hall–Kier alpha value is -1.06. The molecule has 0 spiro atoms. The molecule has 4 nitrogen and oxygen atoms in total. The summed E-state index contributed by atoms with van der Waals surface area (Å²) < 4.78 is 5.83. The number of ether oxygens (including phenoxy) is 1. The van der Waals surface area contributed by atoms with Crippen LogP contribution in [0.25, 0.3) is 0 Å². The third kappa shape index (κ3) is 25.6. The maximum absolute atomic E-state index is 12.3. The van der Waals surface area contributed by atoms with Gasteiger partial charge in [0.25, 0.3) is 0 Å². The van der Waals surface area contributed by atoms with Gasteiger partial charge in [0.1, 0.15) is 6.10 Å². The summed E-state index contributed by atoms with van der Waals surface area (Å²) >= 11 is 0. The predicted molar refractivity (Wildman–Crippen MR) is 144 cm³/mol. The molecule has 0 heterocycles. The smallest absolute Gasteiger partial charge is 0.306 e. The van der Waals surface area contributed by atoms with Crippen LogP contribution in [0.15, 0.2) is 0 Å². The van der Waals surface area contributed by atoms with E-state index in [0.717, 1.165) is 77.0 Å². The fourth-order valence-electron chi connectivity index (χ4n) is 4.58. The lowest BCUT2D eigenvalue weighted by Crippen LogP contribution is -2.18. The second-order valence-electron chi connectivity index (χ2n) is 10.3. The summed E-state index contributed by atoms with van der Waals surface area (Å²) in [5, 5.41) is 8.67. The topological polar surface area (TPSA) is 63.6 Å². The van der Waals surface area contributed by atoms with Crippen molar-refractivity contribution in [3.63, 3.8) is 0 Å². The number of carbonyl (C=O) groups is 2. The quantitative estimate of drug-likeness (QED) is 0.0934. The molecule has 0 aliphatic rings. The lowest BCUT2D eigenvalue weighted by molar-refractivity contribution is -0.150. The maximum atomic E-state index is 12.3. The number of carbonyl (C=O) groups excluding carboxylic acids is 1. The van der Waals surface area contributed by atoms with Crippen molar-refractivity contribution in [2.45, 2.75) is 180 Å². The minimum absolute atomic E-state index is 0.00199.